The average Bonchev–Trinajstić information content (AvgIpc) is 2.38. The zero-order valence-corrected chi connectivity index (χ0v) is 11.2. The first kappa shape index (κ1) is 13.1. The SMILES string of the molecule is CNc1cc(NC(C)Cc2ccccc2)nc(N)n1. The highest BCUT2D eigenvalue weighted by Gasteiger charge is 2.06. The molecule has 1 aromatic carbocycles. The summed E-state index contributed by atoms with van der Waals surface area (Å²) < 4.78 is 0. The van der Waals surface area contributed by atoms with Crippen LogP contribution in [0.5, 0.6) is 0 Å². The Morgan fingerprint density at radius 2 is 1.84 bits per heavy atom. The van der Waals surface area contributed by atoms with Crippen LogP contribution in [0.1, 0.15) is 12.5 Å². The van der Waals surface area contributed by atoms with Crippen LogP contribution in [0.15, 0.2) is 36.4 Å². The topological polar surface area (TPSA) is 75.9 Å². The van der Waals surface area contributed by atoms with Gasteiger partial charge in [-0.25, -0.2) is 0 Å². The monoisotopic (exact) mass is 257 g/mol. The summed E-state index contributed by atoms with van der Waals surface area (Å²) in [6.07, 6.45) is 0.930. The summed E-state index contributed by atoms with van der Waals surface area (Å²) in [5.74, 6) is 1.71. The molecule has 0 saturated heterocycles. The maximum absolute atomic E-state index is 5.66. The Kier molecular flexibility index (Phi) is 4.18. The van der Waals surface area contributed by atoms with Crippen LogP contribution in [0, 0.1) is 0 Å². The summed E-state index contributed by atoms with van der Waals surface area (Å²) in [7, 11) is 1.80. The summed E-state index contributed by atoms with van der Waals surface area (Å²) >= 11 is 0. The molecule has 2 rings (SSSR count). The third-order valence-electron chi connectivity index (χ3n) is 2.78. The van der Waals surface area contributed by atoms with Crippen LogP contribution >= 0.6 is 0 Å². The van der Waals surface area contributed by atoms with E-state index in [4.69, 9.17) is 5.73 Å². The van der Waals surface area contributed by atoms with Crippen molar-refractivity contribution in [1.29, 1.82) is 0 Å². The van der Waals surface area contributed by atoms with Crippen molar-refractivity contribution >= 4 is 17.6 Å². The van der Waals surface area contributed by atoms with Crippen molar-refractivity contribution in [3.8, 4) is 0 Å². The van der Waals surface area contributed by atoms with Gasteiger partial charge in [0.15, 0.2) is 0 Å². The Balaban J connectivity index is 2.02. The third-order valence-corrected chi connectivity index (χ3v) is 2.78. The van der Waals surface area contributed by atoms with E-state index in [0.29, 0.717) is 5.82 Å². The molecule has 0 aliphatic carbocycles. The molecule has 1 atom stereocenters. The van der Waals surface area contributed by atoms with E-state index in [-0.39, 0.29) is 12.0 Å². The number of hydrogen-bond acceptors (Lipinski definition) is 5. The number of nitrogens with one attached hydrogen (secondary N) is 2. The molecule has 19 heavy (non-hydrogen) atoms. The van der Waals surface area contributed by atoms with Crippen LogP contribution in [-0.2, 0) is 6.42 Å². The van der Waals surface area contributed by atoms with Gasteiger partial charge in [-0.15, -0.1) is 0 Å². The quantitative estimate of drug-likeness (QED) is 0.765. The fourth-order valence-corrected chi connectivity index (χ4v) is 1.94. The van der Waals surface area contributed by atoms with E-state index in [9.17, 15) is 0 Å². The molecule has 1 aromatic heterocycles. The Labute approximate surface area is 113 Å². The van der Waals surface area contributed by atoms with Gasteiger partial charge in [-0.2, -0.15) is 9.97 Å². The van der Waals surface area contributed by atoms with E-state index in [1.807, 2.05) is 24.3 Å². The van der Waals surface area contributed by atoms with Crippen molar-refractivity contribution in [2.75, 3.05) is 23.4 Å². The molecule has 0 amide bonds. The summed E-state index contributed by atoms with van der Waals surface area (Å²) in [5.41, 5.74) is 6.95. The predicted molar refractivity (Wildman–Crippen MR) is 79.2 cm³/mol. The minimum atomic E-state index is 0.265. The largest absolute Gasteiger partial charge is 0.373 e. The molecule has 0 fully saturated rings. The molecule has 0 bridgehead atoms. The fourth-order valence-electron chi connectivity index (χ4n) is 1.94. The Hall–Kier alpha value is -2.30. The molecule has 5 heteroatoms. The summed E-state index contributed by atoms with van der Waals surface area (Å²) in [4.78, 5) is 8.24. The summed E-state index contributed by atoms with van der Waals surface area (Å²) in [5, 5.41) is 6.29. The number of rotatable bonds is 5. The van der Waals surface area contributed by atoms with Gasteiger partial charge in [0, 0.05) is 19.2 Å². The van der Waals surface area contributed by atoms with Crippen molar-refractivity contribution in [2.45, 2.75) is 19.4 Å². The van der Waals surface area contributed by atoms with E-state index >= 15 is 0 Å². The lowest BCUT2D eigenvalue weighted by atomic mass is 10.1. The van der Waals surface area contributed by atoms with Crippen molar-refractivity contribution in [2.24, 2.45) is 0 Å². The first-order valence-electron chi connectivity index (χ1n) is 6.30. The van der Waals surface area contributed by atoms with E-state index in [1.165, 1.54) is 5.56 Å². The minimum Gasteiger partial charge on any atom is -0.373 e. The second kappa shape index (κ2) is 6.04. The van der Waals surface area contributed by atoms with Crippen molar-refractivity contribution < 1.29 is 0 Å². The lowest BCUT2D eigenvalue weighted by Gasteiger charge is -2.15. The second-order valence-corrected chi connectivity index (χ2v) is 4.48. The van der Waals surface area contributed by atoms with Gasteiger partial charge in [-0.1, -0.05) is 30.3 Å². The van der Waals surface area contributed by atoms with Gasteiger partial charge in [-0.3, -0.25) is 0 Å². The van der Waals surface area contributed by atoms with Gasteiger partial charge in [0.25, 0.3) is 0 Å². The van der Waals surface area contributed by atoms with Crippen LogP contribution in [0.2, 0.25) is 0 Å². The van der Waals surface area contributed by atoms with E-state index in [0.717, 1.165) is 12.2 Å². The summed E-state index contributed by atoms with van der Waals surface area (Å²) in [6.45, 7) is 2.12. The Bertz CT molecular complexity index is 527. The van der Waals surface area contributed by atoms with Crippen molar-refractivity contribution in [1.82, 2.24) is 9.97 Å². The van der Waals surface area contributed by atoms with Gasteiger partial charge in [0.05, 0.1) is 0 Å². The molecule has 4 N–H and O–H groups in total. The second-order valence-electron chi connectivity index (χ2n) is 4.48. The molecule has 100 valence electrons. The average molecular weight is 257 g/mol. The van der Waals surface area contributed by atoms with Gasteiger partial charge < -0.3 is 16.4 Å². The molecule has 1 unspecified atom stereocenters. The zero-order valence-electron chi connectivity index (χ0n) is 11.2. The molecule has 2 aromatic rings. The first-order chi connectivity index (χ1) is 9.17. The highest BCUT2D eigenvalue weighted by molar-refractivity contribution is 5.51. The minimum absolute atomic E-state index is 0.265. The maximum atomic E-state index is 5.66. The molecule has 0 aliphatic rings. The van der Waals surface area contributed by atoms with Gasteiger partial charge in [0.2, 0.25) is 5.95 Å². The first-order valence-corrected chi connectivity index (χ1v) is 6.30. The van der Waals surface area contributed by atoms with Crippen LogP contribution in [0.4, 0.5) is 17.6 Å². The zero-order chi connectivity index (χ0) is 13.7. The molecule has 0 radical (unpaired) electrons. The molecule has 0 aliphatic heterocycles. The van der Waals surface area contributed by atoms with Crippen LogP contribution in [0.25, 0.3) is 0 Å². The number of aromatic nitrogens is 2. The van der Waals surface area contributed by atoms with E-state index < -0.39 is 0 Å². The maximum Gasteiger partial charge on any atom is 0.223 e. The van der Waals surface area contributed by atoms with E-state index in [1.54, 1.807) is 7.05 Å². The number of nitrogens with two attached hydrogens (primary N) is 1. The smallest absolute Gasteiger partial charge is 0.223 e. The highest BCUT2D eigenvalue weighted by atomic mass is 15.1. The highest BCUT2D eigenvalue weighted by Crippen LogP contribution is 2.14. The predicted octanol–water partition coefficient (Wildman–Crippen LogP) is 2.14. The van der Waals surface area contributed by atoms with E-state index in [2.05, 4.69) is 39.7 Å². The fraction of sp³-hybridized carbons (Fsp3) is 0.286. The van der Waals surface area contributed by atoms with Gasteiger partial charge in [-0.05, 0) is 18.9 Å². The van der Waals surface area contributed by atoms with Crippen LogP contribution in [0.3, 0.4) is 0 Å². The third kappa shape index (κ3) is 3.84. The van der Waals surface area contributed by atoms with Crippen LogP contribution in [-0.4, -0.2) is 23.1 Å². The molecule has 5 nitrogen and oxygen atoms in total. The molecule has 1 heterocycles. The number of nitrogen functional groups attached to an aromatic ring is 1. The lowest BCUT2D eigenvalue weighted by molar-refractivity contribution is 0.784. The van der Waals surface area contributed by atoms with Gasteiger partial charge in [0.1, 0.15) is 11.6 Å². The number of hydrogen-bond donors (Lipinski definition) is 3. The molecule has 0 saturated carbocycles. The number of anilines is 3. The normalized spacial score (nSPS) is 11.9. The number of nitrogens with zero attached hydrogens (tertiary/aromatic N) is 2. The van der Waals surface area contributed by atoms with Crippen LogP contribution < -0.4 is 16.4 Å². The summed E-state index contributed by atoms with van der Waals surface area (Å²) in [6, 6.07) is 12.5. The Morgan fingerprint density at radius 1 is 1.16 bits per heavy atom. The Morgan fingerprint density at radius 3 is 2.53 bits per heavy atom. The molecular formula is C14H19N5. The van der Waals surface area contributed by atoms with Crippen molar-refractivity contribution in [3.63, 3.8) is 0 Å². The van der Waals surface area contributed by atoms with Crippen molar-refractivity contribution in [3.05, 3.63) is 42.0 Å². The standard InChI is InChI=1S/C14H19N5/c1-10(8-11-6-4-3-5-7-11)17-13-9-12(16-2)18-14(15)19-13/h3-7,9-10H,8H2,1-2H3,(H4,15,16,17,18,19). The molecular weight excluding hydrogens is 238 g/mol. The van der Waals surface area contributed by atoms with Gasteiger partial charge >= 0.3 is 0 Å². The molecule has 0 spiro atoms. The number of benzene rings is 1. The lowest BCUT2D eigenvalue weighted by Crippen LogP contribution is -2.19.